The number of rotatable bonds is 5. The van der Waals surface area contributed by atoms with Crippen molar-refractivity contribution in [3.63, 3.8) is 0 Å². The molecule has 0 aliphatic carbocycles. The van der Waals surface area contributed by atoms with Crippen LogP contribution in [0.3, 0.4) is 0 Å². The highest BCUT2D eigenvalue weighted by atomic mass is 16.2. The van der Waals surface area contributed by atoms with Crippen LogP contribution >= 0.6 is 0 Å². The predicted molar refractivity (Wildman–Crippen MR) is 86.3 cm³/mol. The van der Waals surface area contributed by atoms with Gasteiger partial charge >= 0.3 is 6.03 Å². The third-order valence-electron chi connectivity index (χ3n) is 4.13. The van der Waals surface area contributed by atoms with Gasteiger partial charge in [0.2, 0.25) is 0 Å². The lowest BCUT2D eigenvalue weighted by molar-refractivity contribution is 0.136. The lowest BCUT2D eigenvalue weighted by Gasteiger charge is -2.35. The quantitative estimate of drug-likeness (QED) is 0.904. The van der Waals surface area contributed by atoms with Gasteiger partial charge in [-0.15, -0.1) is 0 Å². The number of carbonyl (C=O) groups excluding carboxylic acids is 1. The number of hydrogen-bond donors (Lipinski definition) is 1. The van der Waals surface area contributed by atoms with Crippen LogP contribution < -0.4 is 5.32 Å². The second-order valence-corrected chi connectivity index (χ2v) is 5.76. The van der Waals surface area contributed by atoms with Crippen molar-refractivity contribution in [3.8, 4) is 0 Å². The lowest BCUT2D eigenvalue weighted by atomic mass is 10.1. The van der Waals surface area contributed by atoms with E-state index in [1.165, 1.54) is 12.8 Å². The molecule has 21 heavy (non-hydrogen) atoms. The minimum absolute atomic E-state index is 0.0526. The Labute approximate surface area is 128 Å². The molecule has 116 valence electrons. The number of unbranched alkanes of at least 4 members (excludes halogenated alkanes) is 1. The normalized spacial score (nSPS) is 17.5. The number of carbonyl (C=O) groups is 1. The Hall–Kier alpha value is -1.55. The molecular formula is C17H27N3O. The van der Waals surface area contributed by atoms with Crippen LogP contribution in [0.1, 0.15) is 38.3 Å². The molecule has 2 rings (SSSR count). The second kappa shape index (κ2) is 8.03. The molecule has 0 aromatic heterocycles. The summed E-state index contributed by atoms with van der Waals surface area (Å²) >= 11 is 0. The van der Waals surface area contributed by atoms with Gasteiger partial charge in [0.25, 0.3) is 0 Å². The first-order chi connectivity index (χ1) is 10.2. The van der Waals surface area contributed by atoms with Gasteiger partial charge in [0.1, 0.15) is 0 Å². The number of nitrogens with one attached hydrogen (secondary N) is 1. The molecule has 1 heterocycles. The van der Waals surface area contributed by atoms with E-state index in [0.717, 1.165) is 38.3 Å². The van der Waals surface area contributed by atoms with Crippen molar-refractivity contribution in [2.75, 3.05) is 32.7 Å². The molecule has 0 radical (unpaired) electrons. The Morgan fingerprint density at radius 3 is 2.48 bits per heavy atom. The first kappa shape index (κ1) is 15.8. The van der Waals surface area contributed by atoms with Gasteiger partial charge in [-0.3, -0.25) is 4.90 Å². The van der Waals surface area contributed by atoms with Crippen LogP contribution in [0, 0.1) is 0 Å². The first-order valence-electron chi connectivity index (χ1n) is 8.03. The van der Waals surface area contributed by atoms with Crippen molar-refractivity contribution in [2.45, 2.75) is 32.7 Å². The maximum atomic E-state index is 12.3. The summed E-state index contributed by atoms with van der Waals surface area (Å²) in [6, 6.07) is 10.2. The van der Waals surface area contributed by atoms with Gasteiger partial charge in [-0.25, -0.2) is 4.79 Å². The number of amides is 2. The molecule has 1 aromatic rings. The van der Waals surface area contributed by atoms with E-state index in [1.807, 2.05) is 42.2 Å². The summed E-state index contributed by atoms with van der Waals surface area (Å²) in [5.41, 5.74) is 1.15. The van der Waals surface area contributed by atoms with Crippen molar-refractivity contribution in [1.82, 2.24) is 15.1 Å². The molecule has 0 spiro atoms. The molecule has 4 nitrogen and oxygen atoms in total. The molecule has 1 unspecified atom stereocenters. The van der Waals surface area contributed by atoms with Gasteiger partial charge in [0.15, 0.2) is 0 Å². The molecule has 1 aromatic carbocycles. The summed E-state index contributed by atoms with van der Waals surface area (Å²) in [5.74, 6) is 0. The number of urea groups is 1. The molecule has 1 N–H and O–H groups in total. The third kappa shape index (κ3) is 4.74. The zero-order valence-corrected chi connectivity index (χ0v) is 13.2. The Morgan fingerprint density at radius 2 is 1.86 bits per heavy atom. The fraction of sp³-hybridized carbons (Fsp3) is 0.588. The van der Waals surface area contributed by atoms with E-state index in [-0.39, 0.29) is 12.1 Å². The van der Waals surface area contributed by atoms with E-state index >= 15 is 0 Å². The van der Waals surface area contributed by atoms with Crippen LogP contribution in [-0.4, -0.2) is 48.6 Å². The Kier molecular flexibility index (Phi) is 6.05. The van der Waals surface area contributed by atoms with Gasteiger partial charge in [-0.05, 0) is 25.5 Å². The van der Waals surface area contributed by atoms with Crippen molar-refractivity contribution in [1.29, 1.82) is 0 Å². The van der Waals surface area contributed by atoms with Crippen LogP contribution in [-0.2, 0) is 0 Å². The average Bonchev–Trinajstić information content (AvgIpc) is 2.54. The Bertz CT molecular complexity index is 427. The summed E-state index contributed by atoms with van der Waals surface area (Å²) < 4.78 is 0. The maximum absolute atomic E-state index is 12.3. The van der Waals surface area contributed by atoms with Crippen LogP contribution in [0.5, 0.6) is 0 Å². The average molecular weight is 289 g/mol. The summed E-state index contributed by atoms with van der Waals surface area (Å²) in [6.45, 7) is 9.06. The molecule has 1 atom stereocenters. The van der Waals surface area contributed by atoms with Crippen molar-refractivity contribution < 1.29 is 4.79 Å². The van der Waals surface area contributed by atoms with Gasteiger partial charge in [-0.2, -0.15) is 0 Å². The second-order valence-electron chi connectivity index (χ2n) is 5.76. The molecule has 0 bridgehead atoms. The highest BCUT2D eigenvalue weighted by Gasteiger charge is 2.21. The molecular weight excluding hydrogens is 262 g/mol. The van der Waals surface area contributed by atoms with E-state index in [9.17, 15) is 4.79 Å². The topological polar surface area (TPSA) is 35.6 Å². The predicted octanol–water partition coefficient (Wildman–Crippen LogP) is 2.87. The smallest absolute Gasteiger partial charge is 0.317 e. The summed E-state index contributed by atoms with van der Waals surface area (Å²) in [5, 5.41) is 3.09. The molecule has 0 saturated carbocycles. The number of nitrogens with zero attached hydrogens (tertiary/aromatic N) is 2. The molecule has 1 aliphatic heterocycles. The summed E-state index contributed by atoms with van der Waals surface area (Å²) in [4.78, 5) is 16.7. The highest BCUT2D eigenvalue weighted by Crippen LogP contribution is 2.12. The number of hydrogen-bond acceptors (Lipinski definition) is 2. The minimum Gasteiger partial charge on any atom is -0.331 e. The van der Waals surface area contributed by atoms with Gasteiger partial charge in [-0.1, -0.05) is 43.7 Å². The highest BCUT2D eigenvalue weighted by molar-refractivity contribution is 5.74. The molecule has 1 aliphatic rings. The minimum atomic E-state index is 0.0526. The van der Waals surface area contributed by atoms with E-state index in [1.54, 1.807) is 0 Å². The van der Waals surface area contributed by atoms with Gasteiger partial charge in [0, 0.05) is 26.2 Å². The van der Waals surface area contributed by atoms with Crippen molar-refractivity contribution in [3.05, 3.63) is 35.9 Å². The zero-order valence-electron chi connectivity index (χ0n) is 13.2. The third-order valence-corrected chi connectivity index (χ3v) is 4.13. The fourth-order valence-corrected chi connectivity index (χ4v) is 2.66. The standard InChI is InChI=1S/C17H27N3O/c1-3-4-10-19-11-13-20(14-12-19)17(21)18-15(2)16-8-6-5-7-9-16/h5-9,15H,3-4,10-14H2,1-2H3,(H,18,21). The molecule has 1 saturated heterocycles. The van der Waals surface area contributed by atoms with Crippen LogP contribution in [0.25, 0.3) is 0 Å². The SMILES string of the molecule is CCCCN1CCN(C(=O)NC(C)c2ccccc2)CC1. The molecule has 4 heteroatoms. The summed E-state index contributed by atoms with van der Waals surface area (Å²) in [7, 11) is 0. The zero-order chi connectivity index (χ0) is 15.1. The number of piperazine rings is 1. The molecule has 2 amide bonds. The van der Waals surface area contributed by atoms with E-state index in [4.69, 9.17) is 0 Å². The largest absolute Gasteiger partial charge is 0.331 e. The first-order valence-corrected chi connectivity index (χ1v) is 8.03. The van der Waals surface area contributed by atoms with E-state index in [0.29, 0.717) is 0 Å². The van der Waals surface area contributed by atoms with Crippen LogP contribution in [0.15, 0.2) is 30.3 Å². The van der Waals surface area contributed by atoms with Crippen LogP contribution in [0.4, 0.5) is 4.79 Å². The molecule has 1 fully saturated rings. The van der Waals surface area contributed by atoms with Gasteiger partial charge in [0.05, 0.1) is 6.04 Å². The lowest BCUT2D eigenvalue weighted by Crippen LogP contribution is -2.52. The summed E-state index contributed by atoms with van der Waals surface area (Å²) in [6.07, 6.45) is 2.48. The fourth-order valence-electron chi connectivity index (χ4n) is 2.66. The van der Waals surface area contributed by atoms with E-state index in [2.05, 4.69) is 17.1 Å². The van der Waals surface area contributed by atoms with Crippen molar-refractivity contribution in [2.24, 2.45) is 0 Å². The Morgan fingerprint density at radius 1 is 1.19 bits per heavy atom. The monoisotopic (exact) mass is 289 g/mol. The maximum Gasteiger partial charge on any atom is 0.317 e. The van der Waals surface area contributed by atoms with Crippen LogP contribution in [0.2, 0.25) is 0 Å². The Balaban J connectivity index is 1.77. The van der Waals surface area contributed by atoms with Gasteiger partial charge < -0.3 is 10.2 Å². The van der Waals surface area contributed by atoms with E-state index < -0.39 is 0 Å². The van der Waals surface area contributed by atoms with Crippen molar-refractivity contribution >= 4 is 6.03 Å². The number of benzene rings is 1.